The Balaban J connectivity index is 1.55. The summed E-state index contributed by atoms with van der Waals surface area (Å²) in [7, 11) is 0. The van der Waals surface area contributed by atoms with Gasteiger partial charge in [-0.15, -0.1) is 0 Å². The van der Waals surface area contributed by atoms with E-state index in [-0.39, 0.29) is 29.2 Å². The molecule has 0 saturated heterocycles. The Morgan fingerprint density at radius 2 is 1.74 bits per heavy atom. The third-order valence-electron chi connectivity index (χ3n) is 7.30. The maximum atomic E-state index is 13.1. The van der Waals surface area contributed by atoms with Gasteiger partial charge in [0.05, 0.1) is 5.69 Å². The molecule has 3 N–H and O–H groups in total. The van der Waals surface area contributed by atoms with Crippen LogP contribution in [0.1, 0.15) is 72.4 Å². The number of amides is 1. The molecule has 2 aromatic carbocycles. The molecule has 0 spiro atoms. The third kappa shape index (κ3) is 5.00. The molecule has 1 amide bonds. The van der Waals surface area contributed by atoms with Crippen LogP contribution in [0.3, 0.4) is 0 Å². The van der Waals surface area contributed by atoms with E-state index in [1.807, 2.05) is 42.5 Å². The lowest BCUT2D eigenvalue weighted by atomic mass is 9.76. The van der Waals surface area contributed by atoms with Crippen molar-refractivity contribution in [3.05, 3.63) is 75.9 Å². The van der Waals surface area contributed by atoms with Gasteiger partial charge in [0, 0.05) is 45.5 Å². The zero-order chi connectivity index (χ0) is 24.7. The van der Waals surface area contributed by atoms with Crippen LogP contribution < -0.4 is 11.1 Å². The van der Waals surface area contributed by atoms with Crippen LogP contribution in [0.2, 0.25) is 0 Å². The van der Waals surface area contributed by atoms with E-state index in [2.05, 4.69) is 51.8 Å². The predicted octanol–water partition coefficient (Wildman–Crippen LogP) is 6.06. The van der Waals surface area contributed by atoms with Gasteiger partial charge in [0.15, 0.2) is 5.78 Å². The zero-order valence-electron chi connectivity index (χ0n) is 20.3. The van der Waals surface area contributed by atoms with E-state index in [0.717, 1.165) is 64.8 Å². The molecular formula is C29H32BrN3O2. The number of halogens is 1. The number of benzene rings is 2. The van der Waals surface area contributed by atoms with Crippen molar-refractivity contribution in [2.24, 2.45) is 11.1 Å². The molecule has 2 aliphatic rings. The molecule has 0 aliphatic heterocycles. The highest BCUT2D eigenvalue weighted by Gasteiger charge is 2.35. The largest absolute Gasteiger partial charge is 0.349 e. The van der Waals surface area contributed by atoms with Crippen molar-refractivity contribution >= 4 is 27.6 Å². The van der Waals surface area contributed by atoms with Crippen molar-refractivity contribution in [1.29, 1.82) is 0 Å². The van der Waals surface area contributed by atoms with Crippen LogP contribution in [0.5, 0.6) is 0 Å². The summed E-state index contributed by atoms with van der Waals surface area (Å²) in [6, 6.07) is 18.3. The van der Waals surface area contributed by atoms with Crippen molar-refractivity contribution in [2.45, 2.75) is 64.5 Å². The Labute approximate surface area is 215 Å². The number of nitrogens with two attached hydrogens (primary N) is 1. The normalized spacial score (nSPS) is 21.4. The molecule has 1 heterocycles. The first kappa shape index (κ1) is 24.0. The third-order valence-corrected chi connectivity index (χ3v) is 7.83. The number of rotatable bonds is 4. The molecule has 6 heteroatoms. The highest BCUT2D eigenvalue weighted by Crippen LogP contribution is 2.40. The molecule has 5 rings (SSSR count). The quantitative estimate of drug-likeness (QED) is 0.427. The number of fused-ring (bicyclic) bond motifs is 1. The number of Topliss-reactive ketones (excluding diaryl/α,β-unsaturated/α-hetero) is 1. The lowest BCUT2D eigenvalue weighted by Gasteiger charge is -2.30. The molecular weight excluding hydrogens is 502 g/mol. The second-order valence-electron chi connectivity index (χ2n) is 10.8. The number of hydrogen-bond acceptors (Lipinski definition) is 3. The highest BCUT2D eigenvalue weighted by atomic mass is 79.9. The lowest BCUT2D eigenvalue weighted by Crippen LogP contribution is -2.40. The molecule has 5 nitrogen and oxygen atoms in total. The van der Waals surface area contributed by atoms with Crippen LogP contribution in [0.15, 0.2) is 59.1 Å². The second kappa shape index (κ2) is 9.40. The molecule has 2 aliphatic carbocycles. The first-order valence-corrected chi connectivity index (χ1v) is 13.2. The Kier molecular flexibility index (Phi) is 6.45. The minimum Gasteiger partial charge on any atom is -0.349 e. The van der Waals surface area contributed by atoms with Crippen LogP contribution in [0.25, 0.3) is 16.9 Å². The van der Waals surface area contributed by atoms with Crippen molar-refractivity contribution in [1.82, 2.24) is 9.88 Å². The maximum absolute atomic E-state index is 13.1. The summed E-state index contributed by atoms with van der Waals surface area (Å²) in [5.74, 6) is 0.118. The van der Waals surface area contributed by atoms with E-state index in [0.29, 0.717) is 12.0 Å². The maximum Gasteiger partial charge on any atom is 0.251 e. The van der Waals surface area contributed by atoms with Crippen molar-refractivity contribution < 1.29 is 9.59 Å². The lowest BCUT2D eigenvalue weighted by molar-refractivity contribution is 0.0906. The smallest absolute Gasteiger partial charge is 0.251 e. The topological polar surface area (TPSA) is 77.1 Å². The zero-order valence-corrected chi connectivity index (χ0v) is 21.9. The molecule has 1 fully saturated rings. The average Bonchev–Trinajstić information content (AvgIpc) is 3.19. The van der Waals surface area contributed by atoms with Gasteiger partial charge in [0.25, 0.3) is 5.91 Å². The summed E-state index contributed by atoms with van der Waals surface area (Å²) in [5, 5.41) is 3.20. The van der Waals surface area contributed by atoms with Gasteiger partial charge >= 0.3 is 0 Å². The van der Waals surface area contributed by atoms with Crippen LogP contribution in [-0.4, -0.2) is 28.3 Å². The van der Waals surface area contributed by atoms with E-state index in [9.17, 15) is 9.59 Å². The van der Waals surface area contributed by atoms with Crippen LogP contribution >= 0.6 is 15.9 Å². The average molecular weight is 534 g/mol. The van der Waals surface area contributed by atoms with Crippen molar-refractivity contribution in [3.63, 3.8) is 0 Å². The highest BCUT2D eigenvalue weighted by molar-refractivity contribution is 9.10. The second-order valence-corrected chi connectivity index (χ2v) is 11.7. The number of hydrogen-bond donors (Lipinski definition) is 2. The summed E-state index contributed by atoms with van der Waals surface area (Å²) < 4.78 is 3.18. The summed E-state index contributed by atoms with van der Waals surface area (Å²) in [5.41, 5.74) is 11.2. The standard InChI is InChI=1S/C29H32BrN3O2/c1-29(2)16-26-24(27(34)17-29)15-25(18-6-8-20(30)9-7-18)33(26)23-5-3-4-19(14-23)28(35)32-22-12-10-21(31)11-13-22/h3-9,14-15,21-22H,10-13,16-17,31H2,1-2H3,(H,32,35). The predicted molar refractivity (Wildman–Crippen MR) is 143 cm³/mol. The minimum absolute atomic E-state index is 0.0602. The molecule has 1 aromatic heterocycles. The van der Waals surface area contributed by atoms with Gasteiger partial charge in [-0.1, -0.05) is 48.0 Å². The van der Waals surface area contributed by atoms with E-state index in [4.69, 9.17) is 5.73 Å². The number of carbonyl (C=O) groups excluding carboxylic acids is 2. The minimum atomic E-state index is -0.117. The van der Waals surface area contributed by atoms with Gasteiger partial charge in [-0.05, 0) is 79.5 Å². The number of nitrogens with one attached hydrogen (secondary N) is 1. The summed E-state index contributed by atoms with van der Waals surface area (Å²) in [4.78, 5) is 26.3. The molecule has 0 radical (unpaired) electrons. The van der Waals surface area contributed by atoms with Crippen LogP contribution in [0.4, 0.5) is 0 Å². The molecule has 1 saturated carbocycles. The van der Waals surface area contributed by atoms with Crippen molar-refractivity contribution in [2.75, 3.05) is 0 Å². The van der Waals surface area contributed by atoms with Gasteiger partial charge in [-0.25, -0.2) is 0 Å². The first-order valence-electron chi connectivity index (χ1n) is 12.4. The Hall–Kier alpha value is -2.70. The monoisotopic (exact) mass is 533 g/mol. The molecule has 35 heavy (non-hydrogen) atoms. The summed E-state index contributed by atoms with van der Waals surface area (Å²) in [6.07, 6.45) is 5.06. The van der Waals surface area contributed by atoms with Crippen LogP contribution in [-0.2, 0) is 6.42 Å². The van der Waals surface area contributed by atoms with Crippen molar-refractivity contribution in [3.8, 4) is 16.9 Å². The van der Waals surface area contributed by atoms with Crippen LogP contribution in [0, 0.1) is 5.41 Å². The molecule has 182 valence electrons. The fourth-order valence-corrected chi connectivity index (χ4v) is 5.72. The molecule has 0 bridgehead atoms. The Morgan fingerprint density at radius 1 is 1.03 bits per heavy atom. The van der Waals surface area contributed by atoms with Gasteiger partial charge in [-0.3, -0.25) is 9.59 Å². The van der Waals surface area contributed by atoms with E-state index in [1.54, 1.807) is 0 Å². The fraction of sp³-hybridized carbons (Fsp3) is 0.379. The number of aromatic nitrogens is 1. The molecule has 0 unspecified atom stereocenters. The van der Waals surface area contributed by atoms with Gasteiger partial charge in [0.1, 0.15) is 0 Å². The fourth-order valence-electron chi connectivity index (χ4n) is 5.46. The van der Waals surface area contributed by atoms with Gasteiger partial charge < -0.3 is 15.6 Å². The number of carbonyl (C=O) groups is 2. The number of nitrogens with zero attached hydrogens (tertiary/aromatic N) is 1. The Bertz CT molecular complexity index is 1270. The molecule has 3 aromatic rings. The SMILES string of the molecule is CC1(C)CC(=O)c2cc(-c3ccc(Br)cc3)n(-c3cccc(C(=O)NC4CCC(N)CC4)c3)c2C1. The van der Waals surface area contributed by atoms with E-state index in [1.165, 1.54) is 0 Å². The summed E-state index contributed by atoms with van der Waals surface area (Å²) >= 11 is 3.52. The van der Waals surface area contributed by atoms with E-state index >= 15 is 0 Å². The van der Waals surface area contributed by atoms with E-state index < -0.39 is 0 Å². The number of ketones is 1. The summed E-state index contributed by atoms with van der Waals surface area (Å²) in [6.45, 7) is 4.29. The van der Waals surface area contributed by atoms with Gasteiger partial charge in [0.2, 0.25) is 0 Å². The molecule has 0 atom stereocenters. The first-order chi connectivity index (χ1) is 16.7. The Morgan fingerprint density at radius 3 is 2.46 bits per heavy atom. The van der Waals surface area contributed by atoms with Gasteiger partial charge in [-0.2, -0.15) is 0 Å².